The number of hydrogen-bond donors (Lipinski definition) is 0. The SMILES string of the molecule is CCCCCCCCCCCCCCCCCCC(=O)OC[C@H](COC(=O)CCCCCCCCC)OC(=O)CCCCCCCCCCCC(C)C. The van der Waals surface area contributed by atoms with Crippen LogP contribution < -0.4 is 0 Å². The molecule has 1 atom stereocenters. The van der Waals surface area contributed by atoms with Crippen molar-refractivity contribution in [1.82, 2.24) is 0 Å². The van der Waals surface area contributed by atoms with Gasteiger partial charge in [0.15, 0.2) is 6.10 Å². The van der Waals surface area contributed by atoms with E-state index in [1.165, 1.54) is 154 Å². The molecule has 6 heteroatoms. The predicted octanol–water partition coefficient (Wildman–Crippen LogP) is 14.7. The Morgan fingerprint density at radius 1 is 0.358 bits per heavy atom. The normalized spacial score (nSPS) is 11.9. The Kier molecular flexibility index (Phi) is 40.3. The monoisotopic (exact) mass is 751 g/mol. The minimum atomic E-state index is -0.758. The fraction of sp³-hybridized carbons (Fsp3) is 0.936. The van der Waals surface area contributed by atoms with Crippen molar-refractivity contribution in [3.8, 4) is 0 Å². The lowest BCUT2D eigenvalue weighted by Crippen LogP contribution is -2.30. The van der Waals surface area contributed by atoms with Crippen molar-refractivity contribution in [2.24, 2.45) is 5.92 Å². The van der Waals surface area contributed by atoms with E-state index in [2.05, 4.69) is 27.7 Å². The largest absolute Gasteiger partial charge is 0.462 e. The average Bonchev–Trinajstić information content (AvgIpc) is 3.14. The highest BCUT2D eigenvalue weighted by Gasteiger charge is 2.19. The molecule has 314 valence electrons. The van der Waals surface area contributed by atoms with Gasteiger partial charge in [0.05, 0.1) is 0 Å². The molecule has 0 saturated carbocycles. The van der Waals surface area contributed by atoms with Gasteiger partial charge in [0.1, 0.15) is 13.2 Å². The van der Waals surface area contributed by atoms with E-state index in [-0.39, 0.29) is 31.1 Å². The van der Waals surface area contributed by atoms with Crippen molar-refractivity contribution in [2.45, 2.75) is 265 Å². The summed E-state index contributed by atoms with van der Waals surface area (Å²) in [7, 11) is 0. The summed E-state index contributed by atoms with van der Waals surface area (Å²) in [6.07, 6.45) is 41.0. The van der Waals surface area contributed by atoms with Crippen molar-refractivity contribution in [2.75, 3.05) is 13.2 Å². The first-order valence-corrected chi connectivity index (χ1v) is 23.4. The molecule has 0 fully saturated rings. The van der Waals surface area contributed by atoms with Gasteiger partial charge in [-0.3, -0.25) is 14.4 Å². The molecule has 0 heterocycles. The van der Waals surface area contributed by atoms with Gasteiger partial charge in [-0.2, -0.15) is 0 Å². The molecule has 6 nitrogen and oxygen atoms in total. The molecule has 0 aliphatic carbocycles. The lowest BCUT2D eigenvalue weighted by molar-refractivity contribution is -0.167. The maximum Gasteiger partial charge on any atom is 0.306 e. The molecular weight excluding hydrogens is 661 g/mol. The first-order valence-electron chi connectivity index (χ1n) is 23.4. The van der Waals surface area contributed by atoms with Crippen LogP contribution in [0.3, 0.4) is 0 Å². The summed E-state index contributed by atoms with van der Waals surface area (Å²) in [5.41, 5.74) is 0. The second kappa shape index (κ2) is 41.6. The molecule has 0 radical (unpaired) electrons. The quantitative estimate of drug-likeness (QED) is 0.0351. The van der Waals surface area contributed by atoms with Crippen molar-refractivity contribution in [3.63, 3.8) is 0 Å². The summed E-state index contributed by atoms with van der Waals surface area (Å²) in [5, 5.41) is 0. The van der Waals surface area contributed by atoms with E-state index in [4.69, 9.17) is 14.2 Å². The van der Waals surface area contributed by atoms with Crippen LogP contribution in [0.2, 0.25) is 0 Å². The molecule has 0 aliphatic rings. The average molecular weight is 751 g/mol. The predicted molar refractivity (Wildman–Crippen MR) is 224 cm³/mol. The lowest BCUT2D eigenvalue weighted by Gasteiger charge is -2.18. The number of carbonyl (C=O) groups is 3. The molecule has 0 bridgehead atoms. The van der Waals surface area contributed by atoms with Gasteiger partial charge in [-0.1, -0.05) is 220 Å². The lowest BCUT2D eigenvalue weighted by atomic mass is 10.0. The highest BCUT2D eigenvalue weighted by Crippen LogP contribution is 2.16. The molecule has 53 heavy (non-hydrogen) atoms. The van der Waals surface area contributed by atoms with Crippen molar-refractivity contribution in [1.29, 1.82) is 0 Å². The number of carbonyl (C=O) groups excluding carboxylic acids is 3. The molecule has 0 aromatic carbocycles. The van der Waals surface area contributed by atoms with Gasteiger partial charge in [0.2, 0.25) is 0 Å². The smallest absolute Gasteiger partial charge is 0.306 e. The number of ether oxygens (including phenoxy) is 3. The summed E-state index contributed by atoms with van der Waals surface area (Å²) < 4.78 is 16.7. The Labute approximate surface area is 329 Å². The van der Waals surface area contributed by atoms with E-state index >= 15 is 0 Å². The number of esters is 3. The summed E-state index contributed by atoms with van der Waals surface area (Å²) >= 11 is 0. The number of unbranched alkanes of at least 4 members (excludes halogenated alkanes) is 29. The second-order valence-electron chi connectivity index (χ2n) is 16.5. The van der Waals surface area contributed by atoms with Crippen LogP contribution >= 0.6 is 0 Å². The zero-order valence-electron chi connectivity index (χ0n) is 36.0. The highest BCUT2D eigenvalue weighted by atomic mass is 16.6. The Morgan fingerprint density at radius 3 is 0.925 bits per heavy atom. The van der Waals surface area contributed by atoms with Crippen LogP contribution in [0.25, 0.3) is 0 Å². The molecule has 0 aliphatic heterocycles. The fourth-order valence-electron chi connectivity index (χ4n) is 6.98. The van der Waals surface area contributed by atoms with Crippen LogP contribution in [0, 0.1) is 5.92 Å². The Hall–Kier alpha value is -1.59. The van der Waals surface area contributed by atoms with E-state index in [0.29, 0.717) is 19.3 Å². The van der Waals surface area contributed by atoms with Crippen molar-refractivity contribution >= 4 is 17.9 Å². The van der Waals surface area contributed by atoms with Gasteiger partial charge in [0.25, 0.3) is 0 Å². The van der Waals surface area contributed by atoms with Crippen molar-refractivity contribution < 1.29 is 28.6 Å². The van der Waals surface area contributed by atoms with Crippen LogP contribution in [0.4, 0.5) is 0 Å². The number of rotatable bonds is 42. The Bertz CT molecular complexity index is 796. The van der Waals surface area contributed by atoms with Gasteiger partial charge >= 0.3 is 17.9 Å². The van der Waals surface area contributed by atoms with Crippen molar-refractivity contribution in [3.05, 3.63) is 0 Å². The zero-order valence-corrected chi connectivity index (χ0v) is 36.0. The molecule has 0 N–H and O–H groups in total. The van der Waals surface area contributed by atoms with E-state index in [1.807, 2.05) is 0 Å². The molecule has 0 saturated heterocycles. The zero-order chi connectivity index (χ0) is 38.9. The van der Waals surface area contributed by atoms with E-state index < -0.39 is 6.10 Å². The van der Waals surface area contributed by atoms with Gasteiger partial charge < -0.3 is 14.2 Å². The maximum atomic E-state index is 12.7. The molecule has 0 amide bonds. The molecular formula is C47H90O6. The minimum Gasteiger partial charge on any atom is -0.462 e. The van der Waals surface area contributed by atoms with Crippen LogP contribution in [-0.4, -0.2) is 37.2 Å². The number of hydrogen-bond acceptors (Lipinski definition) is 6. The van der Waals surface area contributed by atoms with Gasteiger partial charge in [-0.25, -0.2) is 0 Å². The van der Waals surface area contributed by atoms with Gasteiger partial charge in [-0.15, -0.1) is 0 Å². The van der Waals surface area contributed by atoms with Crippen LogP contribution in [0.1, 0.15) is 259 Å². The molecule has 0 unspecified atom stereocenters. The summed E-state index contributed by atoms with van der Waals surface area (Å²) in [6.45, 7) is 8.94. The third kappa shape index (κ3) is 41.4. The highest BCUT2D eigenvalue weighted by molar-refractivity contribution is 5.71. The van der Waals surface area contributed by atoms with Gasteiger partial charge in [-0.05, 0) is 25.2 Å². The minimum absolute atomic E-state index is 0.0642. The van der Waals surface area contributed by atoms with Gasteiger partial charge in [0, 0.05) is 19.3 Å². The van der Waals surface area contributed by atoms with Crippen LogP contribution in [0.15, 0.2) is 0 Å². The summed E-state index contributed by atoms with van der Waals surface area (Å²) in [5.74, 6) is -0.0537. The second-order valence-corrected chi connectivity index (χ2v) is 16.5. The fourth-order valence-corrected chi connectivity index (χ4v) is 6.98. The topological polar surface area (TPSA) is 78.9 Å². The van der Waals surface area contributed by atoms with E-state index in [1.54, 1.807) is 0 Å². The maximum absolute atomic E-state index is 12.7. The standard InChI is InChI=1S/C47H90O6/c1-5-7-9-11-13-14-15-16-17-18-19-20-23-27-31-35-39-46(49)52-42-44(41-51-45(48)38-34-30-25-12-10-8-6-2)53-47(50)40-36-32-28-24-21-22-26-29-33-37-43(3)4/h43-44H,5-42H2,1-4H3/t44-/m0/s1. The summed E-state index contributed by atoms with van der Waals surface area (Å²) in [4.78, 5) is 37.6. The van der Waals surface area contributed by atoms with Crippen LogP contribution in [-0.2, 0) is 28.6 Å². The van der Waals surface area contributed by atoms with Crippen LogP contribution in [0.5, 0.6) is 0 Å². The third-order valence-electron chi connectivity index (χ3n) is 10.5. The Morgan fingerprint density at radius 2 is 0.623 bits per heavy atom. The molecule has 0 aromatic heterocycles. The summed E-state index contributed by atoms with van der Waals surface area (Å²) in [6, 6.07) is 0. The first kappa shape index (κ1) is 51.4. The molecule has 0 rings (SSSR count). The molecule has 0 aromatic rings. The van der Waals surface area contributed by atoms with E-state index in [0.717, 1.165) is 63.7 Å². The first-order chi connectivity index (χ1) is 25.9. The van der Waals surface area contributed by atoms with E-state index in [9.17, 15) is 14.4 Å². The third-order valence-corrected chi connectivity index (χ3v) is 10.5. The molecule has 0 spiro atoms. The Balaban J connectivity index is 4.23.